The maximum absolute atomic E-state index is 12.7. The Morgan fingerprint density at radius 1 is 1.35 bits per heavy atom. The molecule has 0 bridgehead atoms. The van der Waals surface area contributed by atoms with E-state index in [1.54, 1.807) is 0 Å². The summed E-state index contributed by atoms with van der Waals surface area (Å²) < 4.78 is 5.70. The Kier molecular flexibility index (Phi) is 5.02. The fourth-order valence-electron chi connectivity index (χ4n) is 3.08. The van der Waals surface area contributed by atoms with Crippen molar-refractivity contribution in [3.8, 4) is 0 Å². The summed E-state index contributed by atoms with van der Waals surface area (Å²) in [7, 11) is 0. The monoisotopic (exact) mass is 282 g/mol. The first-order chi connectivity index (χ1) is 9.49. The van der Waals surface area contributed by atoms with Crippen LogP contribution >= 0.6 is 0 Å². The molecule has 3 unspecified atom stereocenters. The van der Waals surface area contributed by atoms with Crippen LogP contribution in [0.4, 0.5) is 0 Å². The Morgan fingerprint density at radius 2 is 2.10 bits per heavy atom. The van der Waals surface area contributed by atoms with Gasteiger partial charge in [0.1, 0.15) is 6.04 Å². The van der Waals surface area contributed by atoms with Crippen LogP contribution in [0.25, 0.3) is 0 Å². The van der Waals surface area contributed by atoms with Gasteiger partial charge in [0, 0.05) is 19.6 Å². The van der Waals surface area contributed by atoms with Crippen LogP contribution in [-0.4, -0.2) is 48.1 Å². The molecule has 0 aromatic heterocycles. The number of carbonyl (C=O) groups excluding carboxylic acids is 2. The maximum atomic E-state index is 12.7. The van der Waals surface area contributed by atoms with E-state index in [-0.39, 0.29) is 30.0 Å². The molecule has 0 aromatic rings. The van der Waals surface area contributed by atoms with E-state index in [0.29, 0.717) is 25.3 Å². The van der Waals surface area contributed by atoms with Crippen LogP contribution in [0, 0.1) is 5.92 Å². The van der Waals surface area contributed by atoms with Crippen molar-refractivity contribution in [1.29, 1.82) is 0 Å². The number of carbonyl (C=O) groups is 2. The van der Waals surface area contributed by atoms with Gasteiger partial charge in [0.05, 0.1) is 12.1 Å². The number of nitrogens with one attached hydrogen (secondary N) is 1. The molecule has 20 heavy (non-hydrogen) atoms. The molecular formula is C15H26N2O3. The molecule has 3 atom stereocenters. The van der Waals surface area contributed by atoms with E-state index in [4.69, 9.17) is 4.74 Å². The number of ether oxygens (including phenoxy) is 1. The normalized spacial score (nSPS) is 29.5. The van der Waals surface area contributed by atoms with Gasteiger partial charge in [-0.25, -0.2) is 0 Å². The fraction of sp³-hybridized carbons (Fsp3) is 0.867. The van der Waals surface area contributed by atoms with E-state index >= 15 is 0 Å². The first-order valence-corrected chi connectivity index (χ1v) is 7.70. The van der Waals surface area contributed by atoms with Crippen molar-refractivity contribution in [2.75, 3.05) is 13.2 Å². The Hall–Kier alpha value is -1.10. The van der Waals surface area contributed by atoms with Gasteiger partial charge in [-0.1, -0.05) is 13.8 Å². The van der Waals surface area contributed by atoms with Crippen LogP contribution in [0.2, 0.25) is 0 Å². The topological polar surface area (TPSA) is 58.6 Å². The second kappa shape index (κ2) is 6.57. The minimum absolute atomic E-state index is 0.0222. The Bertz CT molecular complexity index is 364. The average molecular weight is 282 g/mol. The highest BCUT2D eigenvalue weighted by Gasteiger charge is 2.36. The summed E-state index contributed by atoms with van der Waals surface area (Å²) in [6, 6.07) is -0.332. The average Bonchev–Trinajstić information content (AvgIpc) is 2.86. The zero-order valence-electron chi connectivity index (χ0n) is 12.7. The van der Waals surface area contributed by atoms with E-state index < -0.39 is 0 Å². The molecule has 0 saturated carbocycles. The van der Waals surface area contributed by atoms with Crippen LogP contribution in [0.15, 0.2) is 0 Å². The zero-order valence-corrected chi connectivity index (χ0v) is 12.7. The van der Waals surface area contributed by atoms with Gasteiger partial charge in [0.2, 0.25) is 11.8 Å². The molecular weight excluding hydrogens is 256 g/mol. The molecule has 0 aromatic carbocycles. The van der Waals surface area contributed by atoms with E-state index in [2.05, 4.69) is 19.2 Å². The molecule has 2 aliphatic heterocycles. The van der Waals surface area contributed by atoms with Gasteiger partial charge < -0.3 is 15.0 Å². The predicted molar refractivity (Wildman–Crippen MR) is 76.2 cm³/mol. The SMILES string of the molecule is CC(C)CC1NC(=O)CCN(C(C)C2CCCO2)C1=O. The zero-order chi connectivity index (χ0) is 14.7. The largest absolute Gasteiger partial charge is 0.376 e. The fourth-order valence-corrected chi connectivity index (χ4v) is 3.08. The van der Waals surface area contributed by atoms with Crippen LogP contribution in [0.3, 0.4) is 0 Å². The maximum Gasteiger partial charge on any atom is 0.245 e. The summed E-state index contributed by atoms with van der Waals surface area (Å²) >= 11 is 0. The Balaban J connectivity index is 2.09. The lowest BCUT2D eigenvalue weighted by molar-refractivity contribution is -0.138. The summed E-state index contributed by atoms with van der Waals surface area (Å²) in [6.07, 6.45) is 3.26. The summed E-state index contributed by atoms with van der Waals surface area (Å²) in [6.45, 7) is 7.45. The van der Waals surface area contributed by atoms with Crippen molar-refractivity contribution in [3.05, 3.63) is 0 Å². The van der Waals surface area contributed by atoms with E-state index in [1.807, 2.05) is 11.8 Å². The van der Waals surface area contributed by atoms with Crippen molar-refractivity contribution in [3.63, 3.8) is 0 Å². The van der Waals surface area contributed by atoms with Crippen LogP contribution in [0.5, 0.6) is 0 Å². The van der Waals surface area contributed by atoms with Gasteiger partial charge in [0.15, 0.2) is 0 Å². The molecule has 2 amide bonds. The third-order valence-corrected chi connectivity index (χ3v) is 4.20. The molecule has 1 N–H and O–H groups in total. The standard InChI is InChI=1S/C15H26N2O3/c1-10(2)9-12-15(19)17(7-6-14(18)16-12)11(3)13-5-4-8-20-13/h10-13H,4-9H2,1-3H3,(H,16,18). The van der Waals surface area contributed by atoms with Crippen LogP contribution in [-0.2, 0) is 14.3 Å². The van der Waals surface area contributed by atoms with Crippen molar-refractivity contribution in [1.82, 2.24) is 10.2 Å². The van der Waals surface area contributed by atoms with Gasteiger partial charge in [-0.05, 0) is 32.1 Å². The Morgan fingerprint density at radius 3 is 2.70 bits per heavy atom. The summed E-state index contributed by atoms with van der Waals surface area (Å²) in [5, 5.41) is 2.86. The molecule has 0 aliphatic carbocycles. The molecule has 2 fully saturated rings. The lowest BCUT2D eigenvalue weighted by atomic mass is 10.0. The summed E-state index contributed by atoms with van der Waals surface area (Å²) in [5.74, 6) is 0.404. The van der Waals surface area contributed by atoms with Crippen molar-refractivity contribution >= 4 is 11.8 Å². The van der Waals surface area contributed by atoms with Crippen molar-refractivity contribution in [2.45, 2.75) is 64.6 Å². The highest BCUT2D eigenvalue weighted by atomic mass is 16.5. The van der Waals surface area contributed by atoms with Crippen LogP contribution < -0.4 is 5.32 Å². The molecule has 2 aliphatic rings. The molecule has 5 nitrogen and oxygen atoms in total. The lowest BCUT2D eigenvalue weighted by Crippen LogP contribution is -2.51. The predicted octanol–water partition coefficient (Wildman–Crippen LogP) is 1.32. The highest BCUT2D eigenvalue weighted by molar-refractivity contribution is 5.90. The second-order valence-corrected chi connectivity index (χ2v) is 6.32. The first-order valence-electron chi connectivity index (χ1n) is 7.70. The highest BCUT2D eigenvalue weighted by Crippen LogP contribution is 2.22. The van der Waals surface area contributed by atoms with Gasteiger partial charge in [-0.15, -0.1) is 0 Å². The Labute approximate surface area is 121 Å². The number of hydrogen-bond acceptors (Lipinski definition) is 3. The summed E-state index contributed by atoms with van der Waals surface area (Å²) in [5.41, 5.74) is 0. The van der Waals surface area contributed by atoms with Gasteiger partial charge in [0.25, 0.3) is 0 Å². The minimum Gasteiger partial charge on any atom is -0.376 e. The van der Waals surface area contributed by atoms with Crippen LogP contribution in [0.1, 0.15) is 46.5 Å². The van der Waals surface area contributed by atoms with E-state index in [0.717, 1.165) is 19.4 Å². The van der Waals surface area contributed by atoms with E-state index in [1.165, 1.54) is 0 Å². The third-order valence-electron chi connectivity index (χ3n) is 4.20. The van der Waals surface area contributed by atoms with Gasteiger partial charge >= 0.3 is 0 Å². The lowest BCUT2D eigenvalue weighted by Gasteiger charge is -2.33. The molecule has 2 heterocycles. The summed E-state index contributed by atoms with van der Waals surface area (Å²) in [4.78, 5) is 26.3. The minimum atomic E-state index is -0.381. The molecule has 114 valence electrons. The molecule has 2 saturated heterocycles. The smallest absolute Gasteiger partial charge is 0.245 e. The molecule has 0 radical (unpaired) electrons. The number of rotatable bonds is 4. The van der Waals surface area contributed by atoms with Gasteiger partial charge in [-0.3, -0.25) is 9.59 Å². The number of hydrogen-bond donors (Lipinski definition) is 1. The number of nitrogens with zero attached hydrogens (tertiary/aromatic N) is 1. The third kappa shape index (κ3) is 3.51. The van der Waals surface area contributed by atoms with Crippen molar-refractivity contribution < 1.29 is 14.3 Å². The van der Waals surface area contributed by atoms with Gasteiger partial charge in [-0.2, -0.15) is 0 Å². The second-order valence-electron chi connectivity index (χ2n) is 6.32. The molecule has 2 rings (SSSR count). The van der Waals surface area contributed by atoms with E-state index in [9.17, 15) is 9.59 Å². The molecule has 0 spiro atoms. The quantitative estimate of drug-likeness (QED) is 0.846. The number of amides is 2. The molecule has 5 heteroatoms. The van der Waals surface area contributed by atoms with Crippen molar-refractivity contribution in [2.24, 2.45) is 5.92 Å². The first kappa shape index (κ1) is 15.3.